The highest BCUT2D eigenvalue weighted by Crippen LogP contribution is 2.48. The summed E-state index contributed by atoms with van der Waals surface area (Å²) < 4.78 is 0. The first-order valence-electron chi connectivity index (χ1n) is 6.44. The summed E-state index contributed by atoms with van der Waals surface area (Å²) in [5.41, 5.74) is 1.91. The molecule has 16 heavy (non-hydrogen) atoms. The molecule has 1 saturated carbocycles. The maximum Gasteiger partial charge on any atom is 0.0103 e. The SMILES string of the molecule is CC(C)NCC1(c2ccccc2)CCC1C. The molecule has 0 saturated heterocycles. The van der Waals surface area contributed by atoms with E-state index in [9.17, 15) is 0 Å². The molecule has 1 aromatic rings. The van der Waals surface area contributed by atoms with Crippen LogP contribution in [-0.4, -0.2) is 12.6 Å². The van der Waals surface area contributed by atoms with Gasteiger partial charge in [0.25, 0.3) is 0 Å². The lowest BCUT2D eigenvalue weighted by molar-refractivity contribution is 0.131. The molecule has 0 aliphatic heterocycles. The average molecular weight is 217 g/mol. The van der Waals surface area contributed by atoms with E-state index in [2.05, 4.69) is 56.4 Å². The second-order valence-corrected chi connectivity index (χ2v) is 5.50. The predicted molar refractivity (Wildman–Crippen MR) is 69.7 cm³/mol. The van der Waals surface area contributed by atoms with Crippen molar-refractivity contribution in [3.63, 3.8) is 0 Å². The third kappa shape index (κ3) is 2.01. The van der Waals surface area contributed by atoms with Crippen LogP contribution in [0.1, 0.15) is 39.2 Å². The maximum absolute atomic E-state index is 3.62. The Morgan fingerprint density at radius 2 is 2.00 bits per heavy atom. The molecule has 0 bridgehead atoms. The molecule has 0 amide bonds. The molecule has 2 atom stereocenters. The fraction of sp³-hybridized carbons (Fsp3) is 0.600. The van der Waals surface area contributed by atoms with E-state index in [1.54, 1.807) is 0 Å². The minimum absolute atomic E-state index is 0.394. The summed E-state index contributed by atoms with van der Waals surface area (Å²) in [4.78, 5) is 0. The molecule has 1 aliphatic carbocycles. The molecular formula is C15H23N. The highest BCUT2D eigenvalue weighted by Gasteiger charge is 2.44. The zero-order valence-corrected chi connectivity index (χ0v) is 10.7. The Balaban J connectivity index is 2.17. The Labute approximate surface area is 99.3 Å². The van der Waals surface area contributed by atoms with Gasteiger partial charge < -0.3 is 5.32 Å². The monoisotopic (exact) mass is 217 g/mol. The third-order valence-electron chi connectivity index (χ3n) is 4.14. The largest absolute Gasteiger partial charge is 0.314 e. The van der Waals surface area contributed by atoms with Crippen LogP contribution in [0.2, 0.25) is 0 Å². The van der Waals surface area contributed by atoms with Crippen molar-refractivity contribution in [3.05, 3.63) is 35.9 Å². The van der Waals surface area contributed by atoms with Crippen LogP contribution in [-0.2, 0) is 5.41 Å². The van der Waals surface area contributed by atoms with E-state index in [1.807, 2.05) is 0 Å². The fourth-order valence-corrected chi connectivity index (χ4v) is 2.73. The third-order valence-corrected chi connectivity index (χ3v) is 4.14. The number of hydrogen-bond acceptors (Lipinski definition) is 1. The van der Waals surface area contributed by atoms with E-state index >= 15 is 0 Å². The van der Waals surface area contributed by atoms with Gasteiger partial charge in [-0.1, -0.05) is 51.1 Å². The van der Waals surface area contributed by atoms with Gasteiger partial charge in [-0.3, -0.25) is 0 Å². The van der Waals surface area contributed by atoms with E-state index in [4.69, 9.17) is 0 Å². The van der Waals surface area contributed by atoms with Gasteiger partial charge in [-0.15, -0.1) is 0 Å². The average Bonchev–Trinajstić information content (AvgIpc) is 2.29. The lowest BCUT2D eigenvalue weighted by Crippen LogP contribution is -2.51. The van der Waals surface area contributed by atoms with Crippen molar-refractivity contribution in [2.45, 2.75) is 45.1 Å². The smallest absolute Gasteiger partial charge is 0.0103 e. The number of hydrogen-bond donors (Lipinski definition) is 1. The Kier molecular flexibility index (Phi) is 3.34. The summed E-state index contributed by atoms with van der Waals surface area (Å²) in [5.74, 6) is 0.807. The van der Waals surface area contributed by atoms with Crippen LogP contribution in [0.25, 0.3) is 0 Å². The lowest BCUT2D eigenvalue weighted by atomic mass is 9.57. The maximum atomic E-state index is 3.62. The van der Waals surface area contributed by atoms with Crippen molar-refractivity contribution in [3.8, 4) is 0 Å². The van der Waals surface area contributed by atoms with Crippen molar-refractivity contribution in [2.24, 2.45) is 5.92 Å². The summed E-state index contributed by atoms with van der Waals surface area (Å²) >= 11 is 0. The molecule has 0 radical (unpaired) electrons. The molecular weight excluding hydrogens is 194 g/mol. The fourth-order valence-electron chi connectivity index (χ4n) is 2.73. The standard InChI is InChI=1S/C15H23N/c1-12(2)16-11-15(10-9-13(15)3)14-7-5-4-6-8-14/h4-8,12-13,16H,9-11H2,1-3H3. The molecule has 1 fully saturated rings. The van der Waals surface area contributed by atoms with E-state index < -0.39 is 0 Å². The molecule has 1 heteroatoms. The van der Waals surface area contributed by atoms with Crippen LogP contribution in [0.5, 0.6) is 0 Å². The Morgan fingerprint density at radius 1 is 1.31 bits per heavy atom. The van der Waals surface area contributed by atoms with Gasteiger partial charge in [0.05, 0.1) is 0 Å². The Bertz CT molecular complexity index is 331. The van der Waals surface area contributed by atoms with E-state index in [-0.39, 0.29) is 0 Å². The summed E-state index contributed by atoms with van der Waals surface area (Å²) in [6.45, 7) is 7.96. The number of rotatable bonds is 4. The highest BCUT2D eigenvalue weighted by molar-refractivity contribution is 5.30. The van der Waals surface area contributed by atoms with Crippen LogP contribution in [0.3, 0.4) is 0 Å². The summed E-state index contributed by atoms with van der Waals surface area (Å²) in [6, 6.07) is 11.6. The van der Waals surface area contributed by atoms with Crippen molar-refractivity contribution in [1.82, 2.24) is 5.32 Å². The Morgan fingerprint density at radius 3 is 2.44 bits per heavy atom. The molecule has 88 valence electrons. The van der Waals surface area contributed by atoms with Gasteiger partial charge in [-0.05, 0) is 24.3 Å². The van der Waals surface area contributed by atoms with Crippen molar-refractivity contribution < 1.29 is 0 Å². The minimum atomic E-state index is 0.394. The molecule has 1 aromatic carbocycles. The van der Waals surface area contributed by atoms with Crippen LogP contribution in [0, 0.1) is 5.92 Å². The second-order valence-electron chi connectivity index (χ2n) is 5.50. The van der Waals surface area contributed by atoms with Crippen LogP contribution < -0.4 is 5.32 Å². The van der Waals surface area contributed by atoms with Crippen molar-refractivity contribution in [1.29, 1.82) is 0 Å². The topological polar surface area (TPSA) is 12.0 Å². The Hall–Kier alpha value is -0.820. The van der Waals surface area contributed by atoms with E-state index in [0.29, 0.717) is 11.5 Å². The minimum Gasteiger partial charge on any atom is -0.314 e. The quantitative estimate of drug-likeness (QED) is 0.815. The molecule has 1 nitrogen and oxygen atoms in total. The molecule has 0 heterocycles. The normalized spacial score (nSPS) is 29.1. The van der Waals surface area contributed by atoms with Crippen LogP contribution >= 0.6 is 0 Å². The van der Waals surface area contributed by atoms with Crippen LogP contribution in [0.15, 0.2) is 30.3 Å². The van der Waals surface area contributed by atoms with Gasteiger partial charge in [0.1, 0.15) is 0 Å². The second kappa shape index (κ2) is 4.58. The zero-order valence-electron chi connectivity index (χ0n) is 10.7. The lowest BCUT2D eigenvalue weighted by Gasteiger charge is -2.49. The molecule has 2 unspecified atom stereocenters. The first-order chi connectivity index (χ1) is 7.65. The molecule has 2 rings (SSSR count). The van der Waals surface area contributed by atoms with Gasteiger partial charge in [0.15, 0.2) is 0 Å². The van der Waals surface area contributed by atoms with Gasteiger partial charge in [-0.25, -0.2) is 0 Å². The molecule has 0 spiro atoms. The van der Waals surface area contributed by atoms with E-state index in [1.165, 1.54) is 18.4 Å². The summed E-state index contributed by atoms with van der Waals surface area (Å²) in [7, 11) is 0. The van der Waals surface area contributed by atoms with Crippen LogP contribution in [0.4, 0.5) is 0 Å². The van der Waals surface area contributed by atoms with Gasteiger partial charge in [-0.2, -0.15) is 0 Å². The molecule has 1 N–H and O–H groups in total. The summed E-state index contributed by atoms with van der Waals surface area (Å²) in [5, 5.41) is 3.62. The summed E-state index contributed by atoms with van der Waals surface area (Å²) in [6.07, 6.45) is 2.70. The van der Waals surface area contributed by atoms with Gasteiger partial charge >= 0.3 is 0 Å². The molecule has 0 aromatic heterocycles. The molecule has 1 aliphatic rings. The predicted octanol–water partition coefficient (Wildman–Crippen LogP) is 3.35. The van der Waals surface area contributed by atoms with E-state index in [0.717, 1.165) is 12.5 Å². The van der Waals surface area contributed by atoms with Crippen molar-refractivity contribution in [2.75, 3.05) is 6.54 Å². The number of benzene rings is 1. The van der Waals surface area contributed by atoms with Crippen molar-refractivity contribution >= 4 is 0 Å². The van der Waals surface area contributed by atoms with Gasteiger partial charge in [0.2, 0.25) is 0 Å². The van der Waals surface area contributed by atoms with Gasteiger partial charge in [0, 0.05) is 18.0 Å². The first kappa shape index (κ1) is 11.7. The zero-order chi connectivity index (χ0) is 11.6. The first-order valence-corrected chi connectivity index (χ1v) is 6.44. The number of nitrogens with one attached hydrogen (secondary N) is 1. The highest BCUT2D eigenvalue weighted by atomic mass is 14.9.